The number of rotatable bonds is 6. The second-order valence-corrected chi connectivity index (χ2v) is 9.46. The number of benzene rings is 2. The van der Waals surface area contributed by atoms with Gasteiger partial charge in [0.2, 0.25) is 5.91 Å². The van der Waals surface area contributed by atoms with Crippen LogP contribution < -0.4 is 0 Å². The van der Waals surface area contributed by atoms with Crippen molar-refractivity contribution >= 4 is 15.7 Å². The maximum absolute atomic E-state index is 12.7. The molecule has 2 aromatic carbocycles. The third kappa shape index (κ3) is 5.54. The second-order valence-electron chi connectivity index (χ2n) is 7.44. The molecule has 0 aromatic heterocycles. The summed E-state index contributed by atoms with van der Waals surface area (Å²) in [6.45, 7) is 4.13. The average molecular weight is 453 g/mol. The molecule has 5 nitrogen and oxygen atoms in total. The predicted octanol–water partition coefficient (Wildman–Crippen LogP) is 3.81. The van der Waals surface area contributed by atoms with Gasteiger partial charge in [-0.1, -0.05) is 30.8 Å². The van der Waals surface area contributed by atoms with E-state index in [0.29, 0.717) is 17.7 Å². The standard InChI is InChI=1S/C22H22F3NO4S/c1-3-21(27)26-12-19(16-5-4-6-18(11-16)31(2,28)29)20(13-26)30-14-15-7-9-17(10-8-15)22(23,24)25/h3-11,19-20H,1,12-14H2,2H3/t19-,20+/m0/s1. The normalized spacial score (nSPS) is 19.4. The van der Waals surface area contributed by atoms with Crippen LogP contribution in [0.25, 0.3) is 0 Å². The summed E-state index contributed by atoms with van der Waals surface area (Å²) in [6, 6.07) is 11.2. The van der Waals surface area contributed by atoms with E-state index in [2.05, 4.69) is 6.58 Å². The number of sulfone groups is 1. The Morgan fingerprint density at radius 3 is 2.45 bits per heavy atom. The van der Waals surface area contributed by atoms with E-state index in [0.717, 1.165) is 18.4 Å². The molecule has 166 valence electrons. The molecule has 0 spiro atoms. The lowest BCUT2D eigenvalue weighted by molar-refractivity contribution is -0.137. The number of amides is 1. The Hall–Kier alpha value is -2.65. The maximum Gasteiger partial charge on any atom is 0.416 e. The highest BCUT2D eigenvalue weighted by molar-refractivity contribution is 7.90. The lowest BCUT2D eigenvalue weighted by atomic mass is 9.96. The van der Waals surface area contributed by atoms with Gasteiger partial charge in [0.25, 0.3) is 0 Å². The van der Waals surface area contributed by atoms with Crippen LogP contribution in [0.4, 0.5) is 13.2 Å². The molecule has 0 unspecified atom stereocenters. The van der Waals surface area contributed by atoms with Gasteiger partial charge >= 0.3 is 6.18 Å². The Labute approximate surface area is 179 Å². The average Bonchev–Trinajstić information content (AvgIpc) is 3.15. The summed E-state index contributed by atoms with van der Waals surface area (Å²) in [4.78, 5) is 13.8. The van der Waals surface area contributed by atoms with E-state index in [9.17, 15) is 26.4 Å². The third-order valence-electron chi connectivity index (χ3n) is 5.21. The van der Waals surface area contributed by atoms with E-state index >= 15 is 0 Å². The molecular weight excluding hydrogens is 431 g/mol. The second kappa shape index (κ2) is 8.84. The van der Waals surface area contributed by atoms with Crippen LogP contribution in [0.1, 0.15) is 22.6 Å². The van der Waals surface area contributed by atoms with Crippen molar-refractivity contribution in [3.8, 4) is 0 Å². The van der Waals surface area contributed by atoms with Crippen molar-refractivity contribution in [3.63, 3.8) is 0 Å². The topological polar surface area (TPSA) is 63.7 Å². The number of nitrogens with zero attached hydrogens (tertiary/aromatic N) is 1. The Bertz CT molecular complexity index is 1060. The number of carbonyl (C=O) groups is 1. The van der Waals surface area contributed by atoms with Crippen LogP contribution >= 0.6 is 0 Å². The highest BCUT2D eigenvalue weighted by Gasteiger charge is 2.36. The first kappa shape index (κ1) is 23.0. The molecule has 1 aliphatic heterocycles. The van der Waals surface area contributed by atoms with E-state index in [4.69, 9.17) is 4.74 Å². The van der Waals surface area contributed by atoms with Crippen LogP contribution in [0.15, 0.2) is 66.1 Å². The Morgan fingerprint density at radius 1 is 1.19 bits per heavy atom. The fourth-order valence-electron chi connectivity index (χ4n) is 3.54. The first-order valence-electron chi connectivity index (χ1n) is 9.48. The monoisotopic (exact) mass is 453 g/mol. The minimum atomic E-state index is -4.41. The van der Waals surface area contributed by atoms with Crippen LogP contribution in [0, 0.1) is 0 Å². The van der Waals surface area contributed by atoms with E-state index in [1.807, 2.05) is 0 Å². The highest BCUT2D eigenvalue weighted by Crippen LogP contribution is 2.33. The summed E-state index contributed by atoms with van der Waals surface area (Å²) >= 11 is 0. The van der Waals surface area contributed by atoms with E-state index in [-0.39, 0.29) is 29.9 Å². The minimum absolute atomic E-state index is 0.0567. The lowest BCUT2D eigenvalue weighted by Crippen LogP contribution is -2.28. The first-order valence-corrected chi connectivity index (χ1v) is 11.4. The van der Waals surface area contributed by atoms with Gasteiger partial charge in [0.05, 0.1) is 23.2 Å². The van der Waals surface area contributed by atoms with Crippen LogP contribution in [-0.2, 0) is 32.2 Å². The fourth-order valence-corrected chi connectivity index (χ4v) is 4.22. The molecule has 9 heteroatoms. The number of carbonyl (C=O) groups excluding carboxylic acids is 1. The van der Waals surface area contributed by atoms with Gasteiger partial charge in [-0.2, -0.15) is 13.2 Å². The zero-order valence-corrected chi connectivity index (χ0v) is 17.6. The minimum Gasteiger partial charge on any atom is -0.371 e. The number of alkyl halides is 3. The molecule has 1 saturated heterocycles. The summed E-state index contributed by atoms with van der Waals surface area (Å²) in [5.74, 6) is -0.565. The van der Waals surface area contributed by atoms with Crippen molar-refractivity contribution in [3.05, 3.63) is 77.9 Å². The summed E-state index contributed by atoms with van der Waals surface area (Å²) in [6.07, 6.45) is -2.55. The van der Waals surface area contributed by atoms with Gasteiger partial charge in [-0.05, 0) is 41.5 Å². The summed E-state index contributed by atoms with van der Waals surface area (Å²) in [5.41, 5.74) is 0.528. The summed E-state index contributed by atoms with van der Waals surface area (Å²) in [5, 5.41) is 0. The van der Waals surface area contributed by atoms with Crippen molar-refractivity contribution in [1.29, 1.82) is 0 Å². The quantitative estimate of drug-likeness (QED) is 0.624. The molecule has 3 rings (SSSR count). The molecule has 1 heterocycles. The SMILES string of the molecule is C=CC(=O)N1C[C@@H](OCc2ccc(C(F)(F)F)cc2)[C@H](c2cccc(S(C)(=O)=O)c2)C1. The van der Waals surface area contributed by atoms with Crippen molar-refractivity contribution in [2.24, 2.45) is 0 Å². The zero-order chi connectivity index (χ0) is 22.8. The Balaban J connectivity index is 1.81. The number of likely N-dealkylation sites (tertiary alicyclic amines) is 1. The van der Waals surface area contributed by atoms with Gasteiger partial charge in [-0.15, -0.1) is 0 Å². The van der Waals surface area contributed by atoms with Gasteiger partial charge in [-0.3, -0.25) is 4.79 Å². The lowest BCUT2D eigenvalue weighted by Gasteiger charge is -2.20. The van der Waals surface area contributed by atoms with Crippen LogP contribution in [0.5, 0.6) is 0 Å². The fraction of sp³-hybridized carbons (Fsp3) is 0.318. The largest absolute Gasteiger partial charge is 0.416 e. The predicted molar refractivity (Wildman–Crippen MR) is 109 cm³/mol. The van der Waals surface area contributed by atoms with Crippen molar-refractivity contribution in [2.75, 3.05) is 19.3 Å². The Morgan fingerprint density at radius 2 is 1.87 bits per heavy atom. The van der Waals surface area contributed by atoms with Gasteiger partial charge in [-0.25, -0.2) is 8.42 Å². The molecule has 0 aliphatic carbocycles. The molecule has 2 atom stereocenters. The van der Waals surface area contributed by atoms with Gasteiger partial charge in [0.15, 0.2) is 9.84 Å². The molecule has 0 bridgehead atoms. The summed E-state index contributed by atoms with van der Waals surface area (Å²) < 4.78 is 68.0. The molecular formula is C22H22F3NO4S. The number of halogens is 3. The maximum atomic E-state index is 12.7. The highest BCUT2D eigenvalue weighted by atomic mass is 32.2. The van der Waals surface area contributed by atoms with Gasteiger partial charge < -0.3 is 9.64 Å². The van der Waals surface area contributed by atoms with E-state index < -0.39 is 27.7 Å². The molecule has 1 fully saturated rings. The first-order chi connectivity index (χ1) is 14.5. The van der Waals surface area contributed by atoms with Crippen LogP contribution in [0.2, 0.25) is 0 Å². The van der Waals surface area contributed by atoms with Crippen LogP contribution in [-0.4, -0.2) is 44.7 Å². The zero-order valence-electron chi connectivity index (χ0n) is 16.8. The Kier molecular flexibility index (Phi) is 6.56. The van der Waals surface area contributed by atoms with E-state index in [1.165, 1.54) is 24.3 Å². The summed E-state index contributed by atoms with van der Waals surface area (Å²) in [7, 11) is -3.41. The molecule has 31 heavy (non-hydrogen) atoms. The molecule has 2 aromatic rings. The molecule has 0 saturated carbocycles. The number of hydrogen-bond donors (Lipinski definition) is 0. The molecule has 1 aliphatic rings. The number of ether oxygens (including phenoxy) is 1. The molecule has 0 radical (unpaired) electrons. The van der Waals surface area contributed by atoms with Crippen molar-refractivity contribution < 1.29 is 31.1 Å². The number of hydrogen-bond acceptors (Lipinski definition) is 4. The van der Waals surface area contributed by atoms with Gasteiger partial charge in [0, 0.05) is 25.3 Å². The van der Waals surface area contributed by atoms with Gasteiger partial charge in [0.1, 0.15) is 0 Å². The smallest absolute Gasteiger partial charge is 0.371 e. The molecule has 0 N–H and O–H groups in total. The van der Waals surface area contributed by atoms with Crippen LogP contribution in [0.3, 0.4) is 0 Å². The van der Waals surface area contributed by atoms with Crippen molar-refractivity contribution in [2.45, 2.75) is 29.7 Å². The molecule has 1 amide bonds. The van der Waals surface area contributed by atoms with E-state index in [1.54, 1.807) is 23.1 Å². The third-order valence-corrected chi connectivity index (χ3v) is 6.32. The van der Waals surface area contributed by atoms with Crippen molar-refractivity contribution in [1.82, 2.24) is 4.90 Å².